The molecule has 0 aliphatic rings. The second kappa shape index (κ2) is 6.37. The predicted molar refractivity (Wildman–Crippen MR) is 85.3 cm³/mol. The number of pyridine rings is 1. The Bertz CT molecular complexity index is 949. The first kappa shape index (κ1) is 16.1. The molecular formula is C16H13ClN2O5. The Morgan fingerprint density at radius 2 is 2.25 bits per heavy atom. The van der Waals surface area contributed by atoms with Gasteiger partial charge in [0.05, 0.1) is 36.3 Å². The van der Waals surface area contributed by atoms with Crippen molar-refractivity contribution in [3.05, 3.63) is 63.4 Å². The molecular weight excluding hydrogens is 336 g/mol. The second-order valence-corrected chi connectivity index (χ2v) is 5.51. The van der Waals surface area contributed by atoms with Crippen LogP contribution < -0.4 is 5.56 Å². The van der Waals surface area contributed by atoms with E-state index in [1.54, 1.807) is 18.2 Å². The number of hydrogen-bond acceptors (Lipinski definition) is 6. The standard InChI is InChI=1S/C16H13ClN2O5/c1-23-13(20)7-10(11-3-2-6-24-11)14-15(21)18-12-5-4-9(17)8-19(12)16(14)22/h2-6,8,10,21H,7H2,1H3. The summed E-state index contributed by atoms with van der Waals surface area (Å²) in [6, 6.07) is 6.30. The maximum atomic E-state index is 12.8. The Balaban J connectivity index is 2.24. The first-order valence-electron chi connectivity index (χ1n) is 7.02. The van der Waals surface area contributed by atoms with Gasteiger partial charge in [-0.25, -0.2) is 0 Å². The Labute approximate surface area is 141 Å². The number of aromatic nitrogens is 2. The molecule has 8 heteroatoms. The van der Waals surface area contributed by atoms with Crippen LogP contribution in [0, 0.1) is 0 Å². The molecule has 124 valence electrons. The molecule has 3 rings (SSSR count). The molecule has 0 radical (unpaired) electrons. The molecule has 7 nitrogen and oxygen atoms in total. The largest absolute Gasteiger partial charge is 0.493 e. The minimum absolute atomic E-state index is 0.0601. The monoisotopic (exact) mass is 348 g/mol. The number of carbonyl (C=O) groups is 1. The number of rotatable bonds is 4. The number of halogens is 1. The average molecular weight is 349 g/mol. The molecule has 0 aliphatic heterocycles. The van der Waals surface area contributed by atoms with Crippen molar-refractivity contribution in [2.45, 2.75) is 12.3 Å². The second-order valence-electron chi connectivity index (χ2n) is 5.08. The van der Waals surface area contributed by atoms with Crippen molar-refractivity contribution < 1.29 is 19.1 Å². The maximum Gasteiger partial charge on any atom is 0.306 e. The number of hydrogen-bond donors (Lipinski definition) is 1. The van der Waals surface area contributed by atoms with Crippen LogP contribution in [0.4, 0.5) is 0 Å². The molecule has 0 fully saturated rings. The minimum atomic E-state index is -0.830. The number of fused-ring (bicyclic) bond motifs is 1. The highest BCUT2D eigenvalue weighted by molar-refractivity contribution is 6.30. The molecule has 0 aromatic carbocycles. The number of furan rings is 1. The molecule has 0 spiro atoms. The van der Waals surface area contributed by atoms with Gasteiger partial charge in [0.25, 0.3) is 5.56 Å². The van der Waals surface area contributed by atoms with Crippen molar-refractivity contribution in [1.82, 2.24) is 9.38 Å². The summed E-state index contributed by atoms with van der Waals surface area (Å²) >= 11 is 5.93. The number of ether oxygens (including phenoxy) is 1. The van der Waals surface area contributed by atoms with Crippen molar-refractivity contribution in [1.29, 1.82) is 0 Å². The van der Waals surface area contributed by atoms with Crippen molar-refractivity contribution in [3.63, 3.8) is 0 Å². The summed E-state index contributed by atoms with van der Waals surface area (Å²) in [5, 5.41) is 10.6. The summed E-state index contributed by atoms with van der Waals surface area (Å²) in [6.45, 7) is 0. The number of carbonyl (C=O) groups excluding carboxylic acids is 1. The number of aromatic hydroxyl groups is 1. The lowest BCUT2D eigenvalue weighted by Gasteiger charge is -2.15. The van der Waals surface area contributed by atoms with Crippen LogP contribution in [0.25, 0.3) is 5.65 Å². The predicted octanol–water partition coefficient (Wildman–Crippen LogP) is 2.34. The van der Waals surface area contributed by atoms with Gasteiger partial charge in [-0.05, 0) is 24.3 Å². The first-order chi connectivity index (χ1) is 11.5. The zero-order valence-corrected chi connectivity index (χ0v) is 13.4. The Kier molecular flexibility index (Phi) is 4.26. The van der Waals surface area contributed by atoms with E-state index in [0.717, 1.165) is 0 Å². The molecule has 3 aromatic heterocycles. The lowest BCUT2D eigenvalue weighted by Crippen LogP contribution is -2.24. The molecule has 3 aromatic rings. The zero-order chi connectivity index (χ0) is 17.3. The van der Waals surface area contributed by atoms with E-state index in [1.165, 1.54) is 30.0 Å². The molecule has 0 amide bonds. The van der Waals surface area contributed by atoms with Gasteiger partial charge in [0.2, 0.25) is 5.88 Å². The van der Waals surface area contributed by atoms with Gasteiger partial charge in [0, 0.05) is 6.20 Å². The van der Waals surface area contributed by atoms with Crippen LogP contribution in [0.3, 0.4) is 0 Å². The third-order valence-corrected chi connectivity index (χ3v) is 3.86. The number of methoxy groups -OCH3 is 1. The van der Waals surface area contributed by atoms with Crippen LogP contribution in [0.1, 0.15) is 23.7 Å². The highest BCUT2D eigenvalue weighted by Crippen LogP contribution is 2.31. The fourth-order valence-corrected chi connectivity index (χ4v) is 2.66. The minimum Gasteiger partial charge on any atom is -0.493 e. The van der Waals surface area contributed by atoms with Crippen LogP contribution in [0.2, 0.25) is 5.02 Å². The van der Waals surface area contributed by atoms with Gasteiger partial charge in [-0.3, -0.25) is 14.0 Å². The highest BCUT2D eigenvalue weighted by atomic mass is 35.5. The fourth-order valence-electron chi connectivity index (χ4n) is 2.50. The Hall–Kier alpha value is -2.80. The third kappa shape index (κ3) is 2.85. The van der Waals surface area contributed by atoms with Crippen LogP contribution in [0.15, 0.2) is 45.9 Å². The van der Waals surface area contributed by atoms with Gasteiger partial charge in [-0.2, -0.15) is 4.98 Å². The van der Waals surface area contributed by atoms with Gasteiger partial charge in [0.1, 0.15) is 11.4 Å². The SMILES string of the molecule is COC(=O)CC(c1ccco1)c1c(O)nc2ccc(Cl)cn2c1=O. The summed E-state index contributed by atoms with van der Waals surface area (Å²) in [5.41, 5.74) is -0.359. The summed E-state index contributed by atoms with van der Waals surface area (Å²) < 4.78 is 11.2. The lowest BCUT2D eigenvalue weighted by atomic mass is 9.94. The third-order valence-electron chi connectivity index (χ3n) is 3.63. The van der Waals surface area contributed by atoms with Crippen molar-refractivity contribution >= 4 is 23.2 Å². The van der Waals surface area contributed by atoms with E-state index < -0.39 is 23.3 Å². The van der Waals surface area contributed by atoms with E-state index in [2.05, 4.69) is 9.72 Å². The molecule has 1 unspecified atom stereocenters. The quantitative estimate of drug-likeness (QED) is 0.727. The molecule has 0 saturated heterocycles. The zero-order valence-electron chi connectivity index (χ0n) is 12.6. The molecule has 1 atom stereocenters. The number of esters is 1. The van der Waals surface area contributed by atoms with Crippen molar-refractivity contribution in [2.24, 2.45) is 0 Å². The van der Waals surface area contributed by atoms with E-state index in [4.69, 9.17) is 16.0 Å². The van der Waals surface area contributed by atoms with E-state index in [9.17, 15) is 14.7 Å². The maximum absolute atomic E-state index is 12.8. The summed E-state index contributed by atoms with van der Waals surface area (Å²) in [7, 11) is 1.24. The van der Waals surface area contributed by atoms with Crippen molar-refractivity contribution in [3.8, 4) is 5.88 Å². The molecule has 24 heavy (non-hydrogen) atoms. The summed E-state index contributed by atoms with van der Waals surface area (Å²) in [6.07, 6.45) is 2.63. The first-order valence-corrected chi connectivity index (χ1v) is 7.40. The highest BCUT2D eigenvalue weighted by Gasteiger charge is 2.28. The van der Waals surface area contributed by atoms with Crippen LogP contribution in [-0.4, -0.2) is 27.6 Å². The fraction of sp³-hybridized carbons (Fsp3) is 0.188. The van der Waals surface area contributed by atoms with Crippen LogP contribution in [0.5, 0.6) is 5.88 Å². The summed E-state index contributed by atoms with van der Waals surface area (Å²) in [4.78, 5) is 28.6. The molecule has 0 bridgehead atoms. The van der Waals surface area contributed by atoms with Gasteiger partial charge in [-0.1, -0.05) is 11.6 Å². The van der Waals surface area contributed by atoms with Crippen LogP contribution in [-0.2, 0) is 9.53 Å². The van der Waals surface area contributed by atoms with Gasteiger partial charge < -0.3 is 14.3 Å². The van der Waals surface area contributed by atoms with E-state index in [1.807, 2.05) is 0 Å². The van der Waals surface area contributed by atoms with Crippen molar-refractivity contribution in [2.75, 3.05) is 7.11 Å². The normalized spacial score (nSPS) is 12.2. The lowest BCUT2D eigenvalue weighted by molar-refractivity contribution is -0.140. The molecule has 1 N–H and O–H groups in total. The topological polar surface area (TPSA) is 94.0 Å². The van der Waals surface area contributed by atoms with E-state index in [-0.39, 0.29) is 17.6 Å². The van der Waals surface area contributed by atoms with Gasteiger partial charge in [-0.15, -0.1) is 0 Å². The smallest absolute Gasteiger partial charge is 0.306 e. The molecule has 3 heterocycles. The summed E-state index contributed by atoms with van der Waals surface area (Å²) in [5.74, 6) is -1.50. The van der Waals surface area contributed by atoms with Crippen LogP contribution >= 0.6 is 11.6 Å². The van der Waals surface area contributed by atoms with E-state index in [0.29, 0.717) is 10.8 Å². The Morgan fingerprint density at radius 1 is 1.46 bits per heavy atom. The molecule has 0 saturated carbocycles. The molecule has 0 aliphatic carbocycles. The average Bonchev–Trinajstić information content (AvgIpc) is 3.09. The Morgan fingerprint density at radius 3 is 2.92 bits per heavy atom. The number of nitrogens with zero attached hydrogens (tertiary/aromatic N) is 2. The van der Waals surface area contributed by atoms with E-state index >= 15 is 0 Å². The van der Waals surface area contributed by atoms with Gasteiger partial charge >= 0.3 is 5.97 Å². The van der Waals surface area contributed by atoms with Gasteiger partial charge in [0.15, 0.2) is 0 Å².